The van der Waals surface area contributed by atoms with Gasteiger partial charge in [-0.05, 0) is 0 Å². The summed E-state index contributed by atoms with van der Waals surface area (Å²) in [7, 11) is 1.07. The number of primary amides is 1. The highest BCUT2D eigenvalue weighted by molar-refractivity contribution is 5.94. The molecule has 0 radical (unpaired) electrons. The van der Waals surface area contributed by atoms with Crippen LogP contribution in [0.15, 0.2) is 6.20 Å². The number of nitrogens with zero attached hydrogens (tertiary/aromatic N) is 1. The molecule has 1 rings (SSSR count). The summed E-state index contributed by atoms with van der Waals surface area (Å²) < 4.78 is 42.5. The standard InChI is InChI=1S/C8H7F3N2O2/c1-15-8-5(9)4(6(10)11)3(2-13-8)7(12)14/h2,6H,1H3,(H2,12,14). The van der Waals surface area contributed by atoms with Crippen LogP contribution in [0.25, 0.3) is 0 Å². The van der Waals surface area contributed by atoms with E-state index in [4.69, 9.17) is 5.73 Å². The van der Waals surface area contributed by atoms with E-state index in [0.29, 0.717) is 0 Å². The van der Waals surface area contributed by atoms with Crippen molar-refractivity contribution >= 4 is 5.91 Å². The molecular weight excluding hydrogens is 213 g/mol. The molecule has 0 saturated carbocycles. The third-order valence-corrected chi connectivity index (χ3v) is 1.70. The number of methoxy groups -OCH3 is 1. The monoisotopic (exact) mass is 220 g/mol. The van der Waals surface area contributed by atoms with Crippen LogP contribution >= 0.6 is 0 Å². The molecule has 0 spiro atoms. The molecule has 0 aliphatic rings. The van der Waals surface area contributed by atoms with E-state index >= 15 is 0 Å². The van der Waals surface area contributed by atoms with Crippen molar-refractivity contribution in [2.75, 3.05) is 7.11 Å². The van der Waals surface area contributed by atoms with Crippen LogP contribution in [0.2, 0.25) is 0 Å². The van der Waals surface area contributed by atoms with Crippen molar-refractivity contribution in [3.8, 4) is 5.88 Å². The first-order chi connectivity index (χ1) is 6.99. The molecule has 0 aliphatic heterocycles. The average molecular weight is 220 g/mol. The van der Waals surface area contributed by atoms with Gasteiger partial charge >= 0.3 is 0 Å². The summed E-state index contributed by atoms with van der Waals surface area (Å²) in [4.78, 5) is 14.0. The summed E-state index contributed by atoms with van der Waals surface area (Å²) in [5.41, 5.74) is 3.05. The zero-order chi connectivity index (χ0) is 11.6. The molecule has 0 aliphatic carbocycles. The molecule has 2 N–H and O–H groups in total. The highest BCUT2D eigenvalue weighted by atomic mass is 19.3. The van der Waals surface area contributed by atoms with Crippen LogP contribution in [0.5, 0.6) is 5.88 Å². The molecule has 0 atom stereocenters. The van der Waals surface area contributed by atoms with Crippen molar-refractivity contribution < 1.29 is 22.7 Å². The van der Waals surface area contributed by atoms with Gasteiger partial charge in [-0.25, -0.2) is 18.2 Å². The third kappa shape index (κ3) is 2.00. The Balaban J connectivity index is 3.44. The lowest BCUT2D eigenvalue weighted by molar-refractivity contribution is 0.0981. The fraction of sp³-hybridized carbons (Fsp3) is 0.250. The van der Waals surface area contributed by atoms with Crippen LogP contribution < -0.4 is 10.5 Å². The summed E-state index contributed by atoms with van der Waals surface area (Å²) in [6.45, 7) is 0. The molecule has 1 aromatic heterocycles. The Morgan fingerprint density at radius 2 is 2.20 bits per heavy atom. The number of amides is 1. The van der Waals surface area contributed by atoms with Gasteiger partial charge in [-0.2, -0.15) is 0 Å². The van der Waals surface area contributed by atoms with E-state index in [-0.39, 0.29) is 0 Å². The summed E-state index contributed by atoms with van der Waals surface area (Å²) in [6, 6.07) is 0. The van der Waals surface area contributed by atoms with Gasteiger partial charge in [-0.1, -0.05) is 0 Å². The molecule has 0 unspecified atom stereocenters. The highest BCUT2D eigenvalue weighted by Gasteiger charge is 2.25. The number of nitrogens with two attached hydrogens (primary N) is 1. The molecule has 4 nitrogen and oxygen atoms in total. The van der Waals surface area contributed by atoms with Gasteiger partial charge in [0.2, 0.25) is 0 Å². The summed E-state index contributed by atoms with van der Waals surface area (Å²) in [6.07, 6.45) is -2.41. The Morgan fingerprint density at radius 1 is 1.60 bits per heavy atom. The lowest BCUT2D eigenvalue weighted by Crippen LogP contribution is -2.16. The first-order valence-electron chi connectivity index (χ1n) is 3.79. The van der Waals surface area contributed by atoms with E-state index in [2.05, 4.69) is 9.72 Å². The third-order valence-electron chi connectivity index (χ3n) is 1.70. The predicted octanol–water partition coefficient (Wildman–Crippen LogP) is 1.27. The Hall–Kier alpha value is -1.79. The first kappa shape index (κ1) is 11.3. The molecule has 0 fully saturated rings. The number of hydrogen-bond donors (Lipinski definition) is 1. The number of aromatic nitrogens is 1. The van der Waals surface area contributed by atoms with Gasteiger partial charge in [0.15, 0.2) is 5.82 Å². The van der Waals surface area contributed by atoms with Crippen molar-refractivity contribution in [3.05, 3.63) is 23.1 Å². The fourth-order valence-corrected chi connectivity index (χ4v) is 1.03. The quantitative estimate of drug-likeness (QED) is 0.834. The van der Waals surface area contributed by atoms with E-state index in [9.17, 15) is 18.0 Å². The lowest BCUT2D eigenvalue weighted by Gasteiger charge is -2.09. The summed E-state index contributed by atoms with van der Waals surface area (Å²) in [5.74, 6) is -3.14. The Bertz CT molecular complexity index is 396. The predicted molar refractivity (Wildman–Crippen MR) is 44.2 cm³/mol. The molecule has 1 amide bonds. The second-order valence-corrected chi connectivity index (χ2v) is 2.57. The van der Waals surface area contributed by atoms with Crippen molar-refractivity contribution in [1.82, 2.24) is 4.98 Å². The second-order valence-electron chi connectivity index (χ2n) is 2.57. The molecule has 1 heterocycles. The van der Waals surface area contributed by atoms with Crippen molar-refractivity contribution in [3.63, 3.8) is 0 Å². The van der Waals surface area contributed by atoms with Gasteiger partial charge in [-0.15, -0.1) is 0 Å². The van der Waals surface area contributed by atoms with Gasteiger partial charge < -0.3 is 10.5 Å². The number of alkyl halides is 2. The molecule has 7 heteroatoms. The number of halogens is 3. The highest BCUT2D eigenvalue weighted by Crippen LogP contribution is 2.29. The Morgan fingerprint density at radius 3 is 2.60 bits per heavy atom. The van der Waals surface area contributed by atoms with Gasteiger partial charge in [0, 0.05) is 6.20 Å². The number of rotatable bonds is 3. The van der Waals surface area contributed by atoms with Crippen molar-refractivity contribution in [1.29, 1.82) is 0 Å². The fourth-order valence-electron chi connectivity index (χ4n) is 1.03. The van der Waals surface area contributed by atoms with Crippen LogP contribution in [0.1, 0.15) is 22.3 Å². The maximum absolute atomic E-state index is 13.3. The summed E-state index contributed by atoms with van der Waals surface area (Å²) >= 11 is 0. The number of carbonyl (C=O) groups is 1. The van der Waals surface area contributed by atoms with Crippen molar-refractivity contribution in [2.45, 2.75) is 6.43 Å². The maximum atomic E-state index is 13.3. The molecular formula is C8H7F3N2O2. The van der Waals surface area contributed by atoms with Crippen LogP contribution in [0.4, 0.5) is 13.2 Å². The minimum Gasteiger partial charge on any atom is -0.479 e. The van der Waals surface area contributed by atoms with Gasteiger partial charge in [0.1, 0.15) is 0 Å². The minimum atomic E-state index is -3.16. The second kappa shape index (κ2) is 4.16. The number of hydrogen-bond acceptors (Lipinski definition) is 3. The number of pyridine rings is 1. The molecule has 15 heavy (non-hydrogen) atoms. The van der Waals surface area contributed by atoms with E-state index in [0.717, 1.165) is 13.3 Å². The van der Waals surface area contributed by atoms with E-state index in [1.54, 1.807) is 0 Å². The summed E-state index contributed by atoms with van der Waals surface area (Å²) in [5, 5.41) is 0. The largest absolute Gasteiger partial charge is 0.479 e. The minimum absolute atomic E-state index is 0.602. The Labute approximate surface area is 82.9 Å². The topological polar surface area (TPSA) is 65.2 Å². The number of carbonyl (C=O) groups excluding carboxylic acids is 1. The van der Waals surface area contributed by atoms with Crippen molar-refractivity contribution in [2.24, 2.45) is 5.73 Å². The van der Waals surface area contributed by atoms with E-state index in [1.165, 1.54) is 0 Å². The van der Waals surface area contributed by atoms with Crippen LogP contribution in [0, 0.1) is 5.82 Å². The zero-order valence-corrected chi connectivity index (χ0v) is 7.63. The molecule has 0 aromatic carbocycles. The Kier molecular flexibility index (Phi) is 3.13. The lowest BCUT2D eigenvalue weighted by atomic mass is 10.1. The van der Waals surface area contributed by atoms with Crippen LogP contribution in [-0.4, -0.2) is 18.0 Å². The molecule has 0 bridgehead atoms. The first-order valence-corrected chi connectivity index (χ1v) is 3.79. The maximum Gasteiger partial charge on any atom is 0.267 e. The molecule has 1 aromatic rings. The smallest absolute Gasteiger partial charge is 0.267 e. The van der Waals surface area contributed by atoms with Crippen LogP contribution in [-0.2, 0) is 0 Å². The number of ether oxygens (including phenoxy) is 1. The van der Waals surface area contributed by atoms with E-state index < -0.39 is 35.2 Å². The SMILES string of the molecule is COc1ncc(C(N)=O)c(C(F)F)c1F. The average Bonchev–Trinajstić information content (AvgIpc) is 2.16. The zero-order valence-electron chi connectivity index (χ0n) is 7.63. The molecule has 82 valence electrons. The van der Waals surface area contributed by atoms with E-state index in [1.807, 2.05) is 0 Å². The van der Waals surface area contributed by atoms with Gasteiger partial charge in [0.05, 0.1) is 18.2 Å². The van der Waals surface area contributed by atoms with Crippen LogP contribution in [0.3, 0.4) is 0 Å². The normalized spacial score (nSPS) is 10.5. The molecule has 0 saturated heterocycles. The van der Waals surface area contributed by atoms with Gasteiger partial charge in [0.25, 0.3) is 18.2 Å². The van der Waals surface area contributed by atoms with Gasteiger partial charge in [-0.3, -0.25) is 4.79 Å².